The van der Waals surface area contributed by atoms with E-state index >= 15 is 0 Å². The largest absolute Gasteiger partial charge is 0.508 e. The smallest absolute Gasteiger partial charge is 0.438 e. The second kappa shape index (κ2) is 5.80. The quantitative estimate of drug-likeness (QED) is 0.719. The van der Waals surface area contributed by atoms with Crippen molar-refractivity contribution in [2.45, 2.75) is 0 Å². The monoisotopic (exact) mass is 210 g/mol. The molecular formula is C11H11FO3. The van der Waals surface area contributed by atoms with E-state index in [1.807, 2.05) is 0 Å². The minimum Gasteiger partial charge on any atom is -0.438 e. The first-order valence-electron chi connectivity index (χ1n) is 4.36. The van der Waals surface area contributed by atoms with E-state index in [2.05, 4.69) is 9.47 Å². The molecule has 80 valence electrons. The van der Waals surface area contributed by atoms with Crippen molar-refractivity contribution in [3.63, 3.8) is 0 Å². The van der Waals surface area contributed by atoms with Gasteiger partial charge in [0.25, 0.3) is 0 Å². The zero-order chi connectivity index (χ0) is 11.1. The maximum atomic E-state index is 13.1. The molecule has 0 aromatic heterocycles. The van der Waals surface area contributed by atoms with E-state index in [1.165, 1.54) is 25.3 Å². The number of benzene rings is 1. The second-order valence-corrected chi connectivity index (χ2v) is 2.69. The van der Waals surface area contributed by atoms with Crippen molar-refractivity contribution in [2.24, 2.45) is 0 Å². The third-order valence-electron chi connectivity index (χ3n) is 1.67. The molecule has 0 aliphatic rings. The highest BCUT2D eigenvalue weighted by atomic mass is 19.1. The van der Waals surface area contributed by atoms with Crippen molar-refractivity contribution >= 4 is 12.2 Å². The molecule has 15 heavy (non-hydrogen) atoms. The van der Waals surface area contributed by atoms with Gasteiger partial charge >= 0.3 is 6.16 Å². The summed E-state index contributed by atoms with van der Waals surface area (Å²) in [7, 11) is 1.23. The van der Waals surface area contributed by atoms with Gasteiger partial charge in [0, 0.05) is 5.56 Å². The minimum absolute atomic E-state index is 0.0566. The summed E-state index contributed by atoms with van der Waals surface area (Å²) in [6, 6.07) is 6.33. The summed E-state index contributed by atoms with van der Waals surface area (Å²) in [5, 5.41) is 0. The van der Waals surface area contributed by atoms with E-state index in [9.17, 15) is 9.18 Å². The molecule has 0 N–H and O–H groups in total. The van der Waals surface area contributed by atoms with Crippen molar-refractivity contribution in [1.82, 2.24) is 0 Å². The molecule has 0 fully saturated rings. The van der Waals surface area contributed by atoms with E-state index in [1.54, 1.807) is 18.2 Å². The van der Waals surface area contributed by atoms with Gasteiger partial charge in [0.05, 0.1) is 7.11 Å². The van der Waals surface area contributed by atoms with Crippen LogP contribution >= 0.6 is 0 Å². The fourth-order valence-electron chi connectivity index (χ4n) is 0.960. The maximum Gasteiger partial charge on any atom is 0.508 e. The molecule has 0 heterocycles. The average Bonchev–Trinajstić information content (AvgIpc) is 2.26. The molecule has 0 aliphatic heterocycles. The first kappa shape index (κ1) is 11.2. The Morgan fingerprint density at radius 1 is 1.47 bits per heavy atom. The minimum atomic E-state index is -0.756. The van der Waals surface area contributed by atoms with Gasteiger partial charge in [-0.1, -0.05) is 24.3 Å². The van der Waals surface area contributed by atoms with Gasteiger partial charge in [-0.25, -0.2) is 9.18 Å². The van der Waals surface area contributed by atoms with Crippen LogP contribution in [0.1, 0.15) is 5.56 Å². The molecule has 1 aromatic carbocycles. The van der Waals surface area contributed by atoms with Crippen LogP contribution in [-0.4, -0.2) is 19.9 Å². The molecule has 3 nitrogen and oxygen atoms in total. The summed E-state index contributed by atoms with van der Waals surface area (Å²) in [4.78, 5) is 10.5. The number of hydrogen-bond donors (Lipinski definition) is 0. The van der Waals surface area contributed by atoms with Crippen LogP contribution in [0.5, 0.6) is 0 Å². The van der Waals surface area contributed by atoms with Crippen molar-refractivity contribution in [2.75, 3.05) is 13.7 Å². The van der Waals surface area contributed by atoms with Crippen LogP contribution < -0.4 is 0 Å². The molecule has 0 saturated heterocycles. The number of halogens is 1. The highest BCUT2D eigenvalue weighted by Gasteiger charge is 1.97. The predicted octanol–water partition coefficient (Wildman–Crippen LogP) is 2.62. The first-order chi connectivity index (χ1) is 7.24. The van der Waals surface area contributed by atoms with E-state index < -0.39 is 6.16 Å². The number of carbonyl (C=O) groups excluding carboxylic acids is 1. The van der Waals surface area contributed by atoms with Crippen LogP contribution in [0.4, 0.5) is 9.18 Å². The fourth-order valence-corrected chi connectivity index (χ4v) is 0.960. The number of carbonyl (C=O) groups is 1. The lowest BCUT2D eigenvalue weighted by atomic mass is 10.2. The number of rotatable bonds is 3. The highest BCUT2D eigenvalue weighted by molar-refractivity contribution is 5.60. The maximum absolute atomic E-state index is 13.1. The van der Waals surface area contributed by atoms with Gasteiger partial charge in [-0.05, 0) is 12.1 Å². The topological polar surface area (TPSA) is 35.5 Å². The molecule has 4 heteroatoms. The van der Waals surface area contributed by atoms with Gasteiger partial charge < -0.3 is 9.47 Å². The van der Waals surface area contributed by atoms with Crippen molar-refractivity contribution in [3.8, 4) is 0 Å². The van der Waals surface area contributed by atoms with Crippen molar-refractivity contribution in [3.05, 3.63) is 41.7 Å². The van der Waals surface area contributed by atoms with Crippen LogP contribution in [0.2, 0.25) is 0 Å². The molecule has 0 aliphatic carbocycles. The van der Waals surface area contributed by atoms with Crippen LogP contribution in [0.25, 0.3) is 6.08 Å². The van der Waals surface area contributed by atoms with Crippen molar-refractivity contribution < 1.29 is 18.7 Å². The molecule has 0 saturated carbocycles. The molecule has 0 radical (unpaired) electrons. The van der Waals surface area contributed by atoms with Gasteiger partial charge in [0.15, 0.2) is 0 Å². The van der Waals surface area contributed by atoms with Gasteiger partial charge in [-0.2, -0.15) is 0 Å². The molecule has 0 atom stereocenters. The summed E-state index contributed by atoms with van der Waals surface area (Å²) in [5.41, 5.74) is 0.450. The Morgan fingerprint density at radius 3 is 2.87 bits per heavy atom. The summed E-state index contributed by atoms with van der Waals surface area (Å²) in [6.07, 6.45) is 2.32. The fraction of sp³-hybridized carbons (Fsp3) is 0.182. The Balaban J connectivity index is 2.45. The third-order valence-corrected chi connectivity index (χ3v) is 1.67. The number of hydrogen-bond acceptors (Lipinski definition) is 3. The molecule has 1 aromatic rings. The van der Waals surface area contributed by atoms with Gasteiger partial charge in [-0.3, -0.25) is 0 Å². The Bertz CT molecular complexity index is 361. The summed E-state index contributed by atoms with van der Waals surface area (Å²) in [6.45, 7) is 0.0566. The first-order valence-corrected chi connectivity index (χ1v) is 4.36. The van der Waals surface area contributed by atoms with Crippen LogP contribution in [0, 0.1) is 5.82 Å². The van der Waals surface area contributed by atoms with Gasteiger partial charge in [-0.15, -0.1) is 0 Å². The number of methoxy groups -OCH3 is 1. The SMILES string of the molecule is COC(=O)OCC=Cc1ccccc1F. The Kier molecular flexibility index (Phi) is 4.34. The van der Waals surface area contributed by atoms with Crippen LogP contribution in [-0.2, 0) is 9.47 Å². The molecule has 1 rings (SSSR count). The van der Waals surface area contributed by atoms with E-state index in [4.69, 9.17) is 0 Å². The van der Waals surface area contributed by atoms with E-state index in [0.717, 1.165) is 0 Å². The summed E-state index contributed by atoms with van der Waals surface area (Å²) in [5.74, 6) is -0.313. The standard InChI is InChI=1S/C11H11FO3/c1-14-11(13)15-8-4-6-9-5-2-3-7-10(9)12/h2-7H,8H2,1H3. The lowest BCUT2D eigenvalue weighted by Crippen LogP contribution is -2.03. The van der Waals surface area contributed by atoms with Gasteiger partial charge in [0.2, 0.25) is 0 Å². The van der Waals surface area contributed by atoms with Crippen LogP contribution in [0.3, 0.4) is 0 Å². The number of ether oxygens (including phenoxy) is 2. The van der Waals surface area contributed by atoms with E-state index in [-0.39, 0.29) is 12.4 Å². The predicted molar refractivity (Wildman–Crippen MR) is 53.8 cm³/mol. The van der Waals surface area contributed by atoms with Crippen LogP contribution in [0.15, 0.2) is 30.3 Å². The third kappa shape index (κ3) is 3.81. The molecule has 0 spiro atoms. The summed E-state index contributed by atoms with van der Waals surface area (Å²) >= 11 is 0. The van der Waals surface area contributed by atoms with Crippen molar-refractivity contribution in [1.29, 1.82) is 0 Å². The lowest BCUT2D eigenvalue weighted by Gasteiger charge is -1.98. The lowest BCUT2D eigenvalue weighted by molar-refractivity contribution is 0.0819. The Labute approximate surface area is 87.1 Å². The Hall–Kier alpha value is -1.84. The summed E-state index contributed by atoms with van der Waals surface area (Å²) < 4.78 is 21.9. The normalized spacial score (nSPS) is 10.3. The van der Waals surface area contributed by atoms with Gasteiger partial charge in [0.1, 0.15) is 12.4 Å². The van der Waals surface area contributed by atoms with E-state index in [0.29, 0.717) is 5.56 Å². The zero-order valence-electron chi connectivity index (χ0n) is 8.27. The molecule has 0 amide bonds. The molecule has 0 bridgehead atoms. The molecular weight excluding hydrogens is 199 g/mol. The second-order valence-electron chi connectivity index (χ2n) is 2.69. The zero-order valence-corrected chi connectivity index (χ0v) is 8.27. The Morgan fingerprint density at radius 2 is 2.20 bits per heavy atom. The average molecular weight is 210 g/mol. The molecule has 0 unspecified atom stereocenters. The highest BCUT2D eigenvalue weighted by Crippen LogP contribution is 2.07.